The van der Waals surface area contributed by atoms with Gasteiger partial charge in [0.25, 0.3) is 0 Å². The fourth-order valence-electron chi connectivity index (χ4n) is 2.24. The molecule has 0 bridgehead atoms. The first kappa shape index (κ1) is 22.9. The molecule has 1 atom stereocenters. The molecule has 0 aliphatic rings. The van der Waals surface area contributed by atoms with Gasteiger partial charge in [0.2, 0.25) is 0 Å². The standard InChI is InChI=1S/C19H27N3O2S.HI/c1-2-20-19(21-11-10-18-9-6-12-25-18)22-13-17(23)15-24-14-16-7-4-3-5-8-16;/h3-9,12,17,23H,2,10-11,13-15H2,1H3,(H2,20,21,22);1H. The van der Waals surface area contributed by atoms with Crippen LogP contribution in [0.25, 0.3) is 0 Å². The molecule has 144 valence electrons. The van der Waals surface area contributed by atoms with Crippen molar-refractivity contribution in [3.05, 3.63) is 58.3 Å². The number of aliphatic imine (C=N–C) groups is 1. The maximum absolute atomic E-state index is 10.0. The minimum atomic E-state index is -0.614. The van der Waals surface area contributed by atoms with Gasteiger partial charge in [-0.2, -0.15) is 0 Å². The van der Waals surface area contributed by atoms with Gasteiger partial charge < -0.3 is 20.5 Å². The van der Waals surface area contributed by atoms with E-state index in [1.807, 2.05) is 37.3 Å². The van der Waals surface area contributed by atoms with Crippen LogP contribution in [0.4, 0.5) is 0 Å². The smallest absolute Gasteiger partial charge is 0.191 e. The van der Waals surface area contributed by atoms with Gasteiger partial charge in [-0.3, -0.25) is 4.99 Å². The molecule has 26 heavy (non-hydrogen) atoms. The van der Waals surface area contributed by atoms with Crippen molar-refractivity contribution in [1.82, 2.24) is 10.6 Å². The first-order valence-electron chi connectivity index (χ1n) is 8.62. The van der Waals surface area contributed by atoms with Crippen LogP contribution < -0.4 is 10.6 Å². The number of guanidine groups is 1. The number of nitrogens with zero attached hydrogens (tertiary/aromatic N) is 1. The molecule has 0 aliphatic carbocycles. The second-order valence-corrected chi connectivity index (χ2v) is 6.66. The Bertz CT molecular complexity index is 609. The summed E-state index contributed by atoms with van der Waals surface area (Å²) < 4.78 is 5.55. The molecular formula is C19H28IN3O2S. The van der Waals surface area contributed by atoms with Crippen molar-refractivity contribution in [2.45, 2.75) is 26.1 Å². The number of aliphatic hydroxyl groups excluding tert-OH is 1. The van der Waals surface area contributed by atoms with Gasteiger partial charge in [0.15, 0.2) is 5.96 Å². The first-order chi connectivity index (χ1) is 12.3. The lowest BCUT2D eigenvalue weighted by Crippen LogP contribution is -2.39. The van der Waals surface area contributed by atoms with Crippen molar-refractivity contribution in [1.29, 1.82) is 0 Å². The van der Waals surface area contributed by atoms with Crippen LogP contribution in [-0.4, -0.2) is 43.4 Å². The van der Waals surface area contributed by atoms with Crippen molar-refractivity contribution in [3.63, 3.8) is 0 Å². The number of ether oxygens (including phenoxy) is 1. The Kier molecular flexibility index (Phi) is 12.3. The summed E-state index contributed by atoms with van der Waals surface area (Å²) in [5.74, 6) is 0.723. The topological polar surface area (TPSA) is 65.9 Å². The monoisotopic (exact) mass is 489 g/mol. The number of rotatable bonds is 10. The fourth-order valence-corrected chi connectivity index (χ4v) is 2.95. The molecule has 7 heteroatoms. The van der Waals surface area contributed by atoms with Crippen LogP contribution in [0, 0.1) is 0 Å². The summed E-state index contributed by atoms with van der Waals surface area (Å²) in [5.41, 5.74) is 1.10. The lowest BCUT2D eigenvalue weighted by atomic mass is 10.2. The highest BCUT2D eigenvalue weighted by atomic mass is 127. The highest BCUT2D eigenvalue weighted by Crippen LogP contribution is 2.08. The van der Waals surface area contributed by atoms with Crippen LogP contribution >= 0.6 is 35.3 Å². The molecule has 0 saturated heterocycles. The maximum atomic E-state index is 10.0. The molecule has 3 N–H and O–H groups in total. The zero-order chi connectivity index (χ0) is 17.7. The van der Waals surface area contributed by atoms with E-state index in [2.05, 4.69) is 33.1 Å². The third kappa shape index (κ3) is 9.51. The number of aliphatic hydroxyl groups is 1. The third-order valence-corrected chi connectivity index (χ3v) is 4.41. The van der Waals surface area contributed by atoms with Crippen molar-refractivity contribution >= 4 is 41.3 Å². The van der Waals surface area contributed by atoms with Gasteiger partial charge in [-0.05, 0) is 30.4 Å². The summed E-state index contributed by atoms with van der Waals surface area (Å²) in [7, 11) is 0. The summed E-state index contributed by atoms with van der Waals surface area (Å²) in [6.45, 7) is 4.70. The number of benzene rings is 1. The molecule has 2 aromatic rings. The molecular weight excluding hydrogens is 461 g/mol. The SMILES string of the molecule is CCNC(=NCC(O)COCc1ccccc1)NCCc1cccs1.I. The van der Waals surface area contributed by atoms with Gasteiger partial charge in [-0.1, -0.05) is 36.4 Å². The lowest BCUT2D eigenvalue weighted by Gasteiger charge is -2.13. The average molecular weight is 489 g/mol. The van der Waals surface area contributed by atoms with Gasteiger partial charge in [-0.15, -0.1) is 35.3 Å². The van der Waals surface area contributed by atoms with E-state index in [4.69, 9.17) is 4.74 Å². The summed E-state index contributed by atoms with van der Waals surface area (Å²) in [5, 5.41) is 18.6. The van der Waals surface area contributed by atoms with Crippen LogP contribution in [0.3, 0.4) is 0 Å². The van der Waals surface area contributed by atoms with E-state index in [-0.39, 0.29) is 30.6 Å². The van der Waals surface area contributed by atoms with Crippen molar-refractivity contribution in [3.8, 4) is 0 Å². The molecule has 1 aromatic carbocycles. The second-order valence-electron chi connectivity index (χ2n) is 5.63. The van der Waals surface area contributed by atoms with Crippen molar-refractivity contribution in [2.75, 3.05) is 26.2 Å². The summed E-state index contributed by atoms with van der Waals surface area (Å²) in [6.07, 6.45) is 0.349. The lowest BCUT2D eigenvalue weighted by molar-refractivity contribution is 0.0331. The van der Waals surface area contributed by atoms with Gasteiger partial charge in [0.05, 0.1) is 25.9 Å². The summed E-state index contributed by atoms with van der Waals surface area (Å²) >= 11 is 1.76. The normalized spacial score (nSPS) is 12.3. The Morgan fingerprint density at radius 2 is 2.00 bits per heavy atom. The second kappa shape index (κ2) is 14.0. The summed E-state index contributed by atoms with van der Waals surface area (Å²) in [6, 6.07) is 14.1. The van der Waals surface area contributed by atoms with E-state index in [0.717, 1.165) is 31.0 Å². The Morgan fingerprint density at radius 1 is 1.19 bits per heavy atom. The fraction of sp³-hybridized carbons (Fsp3) is 0.421. The molecule has 1 aromatic heterocycles. The van der Waals surface area contributed by atoms with E-state index in [0.29, 0.717) is 13.2 Å². The van der Waals surface area contributed by atoms with Gasteiger partial charge in [-0.25, -0.2) is 0 Å². The van der Waals surface area contributed by atoms with E-state index in [1.54, 1.807) is 11.3 Å². The highest BCUT2D eigenvalue weighted by molar-refractivity contribution is 14.0. The molecule has 0 saturated carbocycles. The highest BCUT2D eigenvalue weighted by Gasteiger charge is 2.05. The Balaban J connectivity index is 0.00000338. The molecule has 0 radical (unpaired) electrons. The van der Waals surface area contributed by atoms with E-state index >= 15 is 0 Å². The molecule has 0 aliphatic heterocycles. The summed E-state index contributed by atoms with van der Waals surface area (Å²) in [4.78, 5) is 5.77. The van der Waals surface area contributed by atoms with Crippen molar-refractivity contribution < 1.29 is 9.84 Å². The number of hydrogen-bond donors (Lipinski definition) is 3. The zero-order valence-corrected chi connectivity index (χ0v) is 18.2. The molecule has 5 nitrogen and oxygen atoms in total. The Morgan fingerprint density at radius 3 is 2.69 bits per heavy atom. The maximum Gasteiger partial charge on any atom is 0.191 e. The van der Waals surface area contributed by atoms with Crippen LogP contribution in [0.5, 0.6) is 0 Å². The van der Waals surface area contributed by atoms with Crippen LogP contribution in [0.15, 0.2) is 52.8 Å². The van der Waals surface area contributed by atoms with Gasteiger partial charge in [0, 0.05) is 18.0 Å². The number of halogens is 1. The number of hydrogen-bond acceptors (Lipinski definition) is 4. The minimum absolute atomic E-state index is 0. The third-order valence-electron chi connectivity index (χ3n) is 3.47. The van der Waals surface area contributed by atoms with Gasteiger partial charge in [0.1, 0.15) is 0 Å². The largest absolute Gasteiger partial charge is 0.389 e. The minimum Gasteiger partial charge on any atom is -0.389 e. The van der Waals surface area contributed by atoms with E-state index in [1.165, 1.54) is 4.88 Å². The molecule has 1 heterocycles. The first-order valence-corrected chi connectivity index (χ1v) is 9.50. The van der Waals surface area contributed by atoms with Crippen LogP contribution in [0.1, 0.15) is 17.4 Å². The molecule has 0 amide bonds. The Hall–Kier alpha value is -1.16. The molecule has 0 spiro atoms. The predicted molar refractivity (Wildman–Crippen MR) is 120 cm³/mol. The predicted octanol–water partition coefficient (Wildman–Crippen LogP) is 3.04. The van der Waals surface area contributed by atoms with E-state index in [9.17, 15) is 5.11 Å². The number of nitrogens with one attached hydrogen (secondary N) is 2. The Labute approximate surface area is 176 Å². The van der Waals surface area contributed by atoms with Crippen LogP contribution in [0.2, 0.25) is 0 Å². The molecule has 1 unspecified atom stereocenters. The molecule has 2 rings (SSSR count). The van der Waals surface area contributed by atoms with Gasteiger partial charge >= 0.3 is 0 Å². The average Bonchev–Trinajstić information content (AvgIpc) is 3.14. The van der Waals surface area contributed by atoms with Crippen molar-refractivity contribution in [2.24, 2.45) is 4.99 Å². The van der Waals surface area contributed by atoms with E-state index < -0.39 is 6.10 Å². The number of thiophene rings is 1. The zero-order valence-electron chi connectivity index (χ0n) is 15.1. The molecule has 0 fully saturated rings. The van der Waals surface area contributed by atoms with Crippen LogP contribution in [-0.2, 0) is 17.8 Å². The quantitative estimate of drug-likeness (QED) is 0.273.